The van der Waals surface area contributed by atoms with Gasteiger partial charge in [-0.3, -0.25) is 9.78 Å². The minimum atomic E-state index is -4.55. The summed E-state index contributed by atoms with van der Waals surface area (Å²) < 4.78 is 56.0. The van der Waals surface area contributed by atoms with Crippen LogP contribution in [-0.4, -0.2) is 64.9 Å². The molecule has 4 rings (SSSR count). The average molecular weight is 607 g/mol. The van der Waals surface area contributed by atoms with Gasteiger partial charge in [0.15, 0.2) is 0 Å². The molecule has 1 N–H and O–H groups in total. The summed E-state index contributed by atoms with van der Waals surface area (Å²) in [5.74, 6) is -0.0558. The zero-order valence-electron chi connectivity index (χ0n) is 23.9. The Morgan fingerprint density at radius 1 is 1.17 bits per heavy atom. The van der Waals surface area contributed by atoms with Crippen molar-refractivity contribution >= 4 is 23.3 Å². The van der Waals surface area contributed by atoms with Crippen LogP contribution in [0.4, 0.5) is 18.0 Å². The van der Waals surface area contributed by atoms with E-state index in [1.165, 1.54) is 17.4 Å². The van der Waals surface area contributed by atoms with Crippen LogP contribution in [-0.2, 0) is 15.7 Å². The zero-order valence-corrected chi connectivity index (χ0v) is 24.8. The first-order chi connectivity index (χ1) is 19.7. The lowest BCUT2D eigenvalue weighted by Gasteiger charge is -2.34. The summed E-state index contributed by atoms with van der Waals surface area (Å²) in [5.41, 5.74) is -0.257. The Morgan fingerprint density at radius 3 is 2.55 bits per heavy atom. The Balaban J connectivity index is 1.48. The fourth-order valence-electron chi connectivity index (χ4n) is 4.12. The van der Waals surface area contributed by atoms with Crippen LogP contribution in [0.15, 0.2) is 42.7 Å². The third kappa shape index (κ3) is 8.41. The number of hydrogen-bond donors (Lipinski definition) is 1. The molecule has 2 aromatic heterocycles. The van der Waals surface area contributed by atoms with Gasteiger partial charge in [-0.1, -0.05) is 6.07 Å². The standard InChI is InChI=1S/C29H33F3N4O5S/c1-17-13-34-26(42-17)21-10-20(25(37)35-18(2)19-6-7-24(33-14-19)29(30,31)32)11-22(12-21)40-16-23-15-36(8-9-39-23)27(38)41-28(3,4)5/h6-7,10-14,18,23H,8-9,15-16H2,1-5H3,(H,35,37)/t18?,23-/m1/s1. The fraction of sp³-hybridized carbons (Fsp3) is 0.448. The van der Waals surface area contributed by atoms with E-state index in [1.54, 1.807) is 57.0 Å². The van der Waals surface area contributed by atoms with Crippen molar-refractivity contribution in [1.82, 2.24) is 20.2 Å². The molecule has 2 atom stereocenters. The van der Waals surface area contributed by atoms with Gasteiger partial charge in [0.2, 0.25) is 0 Å². The number of thiazole rings is 1. The Morgan fingerprint density at radius 2 is 1.93 bits per heavy atom. The van der Waals surface area contributed by atoms with Crippen molar-refractivity contribution < 1.29 is 37.0 Å². The minimum absolute atomic E-state index is 0.119. The van der Waals surface area contributed by atoms with Crippen LogP contribution < -0.4 is 10.1 Å². The highest BCUT2D eigenvalue weighted by Crippen LogP contribution is 2.31. The molecule has 1 unspecified atom stereocenters. The van der Waals surface area contributed by atoms with Gasteiger partial charge in [-0.05, 0) is 64.4 Å². The minimum Gasteiger partial charge on any atom is -0.491 e. The highest BCUT2D eigenvalue weighted by molar-refractivity contribution is 7.14. The number of benzene rings is 1. The molecule has 3 heterocycles. The Labute approximate surface area is 246 Å². The van der Waals surface area contributed by atoms with Crippen LogP contribution in [0.3, 0.4) is 0 Å². The lowest BCUT2D eigenvalue weighted by molar-refractivity contribution is -0.141. The molecule has 13 heteroatoms. The second-order valence-electron chi connectivity index (χ2n) is 10.9. The average Bonchev–Trinajstić information content (AvgIpc) is 3.37. The van der Waals surface area contributed by atoms with Crippen molar-refractivity contribution in [3.8, 4) is 16.3 Å². The molecule has 226 valence electrons. The molecule has 2 amide bonds. The molecule has 0 bridgehead atoms. The van der Waals surface area contributed by atoms with E-state index in [9.17, 15) is 22.8 Å². The van der Waals surface area contributed by atoms with E-state index in [2.05, 4.69) is 15.3 Å². The zero-order chi connectivity index (χ0) is 30.7. The van der Waals surface area contributed by atoms with Crippen LogP contribution in [0.1, 0.15) is 60.2 Å². The van der Waals surface area contributed by atoms with Gasteiger partial charge in [0, 0.05) is 34.9 Å². The Hall–Kier alpha value is -3.71. The second-order valence-corrected chi connectivity index (χ2v) is 12.2. The van der Waals surface area contributed by atoms with Crippen molar-refractivity contribution in [3.63, 3.8) is 0 Å². The topological polar surface area (TPSA) is 103 Å². The van der Waals surface area contributed by atoms with Gasteiger partial charge in [-0.2, -0.15) is 13.2 Å². The van der Waals surface area contributed by atoms with E-state index in [-0.39, 0.29) is 18.7 Å². The number of morpholine rings is 1. The molecule has 1 aromatic carbocycles. The van der Waals surface area contributed by atoms with Crippen LogP contribution in [0, 0.1) is 6.92 Å². The van der Waals surface area contributed by atoms with E-state index < -0.39 is 41.6 Å². The predicted molar refractivity (Wildman–Crippen MR) is 150 cm³/mol. The smallest absolute Gasteiger partial charge is 0.433 e. The first-order valence-electron chi connectivity index (χ1n) is 13.3. The number of rotatable bonds is 7. The number of ether oxygens (including phenoxy) is 3. The summed E-state index contributed by atoms with van der Waals surface area (Å²) in [6, 6.07) is 6.58. The van der Waals surface area contributed by atoms with Gasteiger partial charge < -0.3 is 24.4 Å². The third-order valence-corrected chi connectivity index (χ3v) is 7.15. The first-order valence-corrected chi connectivity index (χ1v) is 14.1. The van der Waals surface area contributed by atoms with Crippen molar-refractivity contribution in [2.24, 2.45) is 0 Å². The van der Waals surface area contributed by atoms with Crippen molar-refractivity contribution in [2.45, 2.75) is 58.5 Å². The summed E-state index contributed by atoms with van der Waals surface area (Å²) in [6.45, 7) is 10.1. The predicted octanol–water partition coefficient (Wildman–Crippen LogP) is 6.04. The van der Waals surface area contributed by atoms with Crippen molar-refractivity contribution in [2.75, 3.05) is 26.3 Å². The number of amides is 2. The number of carbonyl (C=O) groups is 2. The number of alkyl halides is 3. The van der Waals surface area contributed by atoms with Crippen LogP contribution >= 0.6 is 11.3 Å². The van der Waals surface area contributed by atoms with E-state index in [0.717, 1.165) is 17.1 Å². The molecular weight excluding hydrogens is 573 g/mol. The summed E-state index contributed by atoms with van der Waals surface area (Å²) in [4.78, 5) is 36.2. The molecule has 1 aliphatic heterocycles. The summed E-state index contributed by atoms with van der Waals surface area (Å²) in [7, 11) is 0. The number of aromatic nitrogens is 2. The van der Waals surface area contributed by atoms with Gasteiger partial charge in [-0.15, -0.1) is 11.3 Å². The van der Waals surface area contributed by atoms with Gasteiger partial charge in [0.05, 0.1) is 19.2 Å². The largest absolute Gasteiger partial charge is 0.491 e. The number of nitrogens with one attached hydrogen (secondary N) is 1. The molecular formula is C29H33F3N4O5S. The SMILES string of the molecule is Cc1cnc(-c2cc(OC[C@H]3CN(C(=O)OC(C)(C)C)CCO3)cc(C(=O)NC(C)c3ccc(C(F)(F)F)nc3)c2)s1. The molecule has 1 fully saturated rings. The fourth-order valence-corrected chi connectivity index (χ4v) is 4.87. The number of aryl methyl sites for hydroxylation is 1. The second kappa shape index (κ2) is 12.7. The van der Waals surface area contributed by atoms with Gasteiger partial charge in [0.25, 0.3) is 5.91 Å². The lowest BCUT2D eigenvalue weighted by Crippen LogP contribution is -2.49. The van der Waals surface area contributed by atoms with E-state index in [0.29, 0.717) is 35.0 Å². The van der Waals surface area contributed by atoms with Crippen LogP contribution in [0.5, 0.6) is 5.75 Å². The molecule has 0 spiro atoms. The molecule has 0 saturated carbocycles. The van der Waals surface area contributed by atoms with E-state index >= 15 is 0 Å². The Bertz CT molecular complexity index is 1410. The molecule has 1 aliphatic rings. The molecule has 9 nitrogen and oxygen atoms in total. The molecule has 1 saturated heterocycles. The van der Waals surface area contributed by atoms with Crippen LogP contribution in [0.25, 0.3) is 10.6 Å². The first kappa shape index (κ1) is 31.2. The number of hydrogen-bond acceptors (Lipinski definition) is 8. The van der Waals surface area contributed by atoms with Gasteiger partial charge in [-0.25, -0.2) is 9.78 Å². The maximum absolute atomic E-state index is 13.3. The number of pyridine rings is 1. The summed E-state index contributed by atoms with van der Waals surface area (Å²) in [5, 5.41) is 3.50. The van der Waals surface area contributed by atoms with Crippen molar-refractivity contribution in [1.29, 1.82) is 0 Å². The maximum atomic E-state index is 13.3. The number of carbonyl (C=O) groups excluding carboxylic acids is 2. The Kier molecular flexibility index (Phi) is 9.41. The van der Waals surface area contributed by atoms with E-state index in [4.69, 9.17) is 14.2 Å². The monoisotopic (exact) mass is 606 g/mol. The summed E-state index contributed by atoms with van der Waals surface area (Å²) >= 11 is 1.46. The normalized spacial score (nSPS) is 16.6. The lowest BCUT2D eigenvalue weighted by atomic mass is 10.1. The molecule has 3 aromatic rings. The number of nitrogens with zero attached hydrogens (tertiary/aromatic N) is 3. The van der Waals surface area contributed by atoms with Gasteiger partial charge in [0.1, 0.15) is 34.8 Å². The van der Waals surface area contributed by atoms with Crippen LogP contribution in [0.2, 0.25) is 0 Å². The molecule has 0 aliphatic carbocycles. The maximum Gasteiger partial charge on any atom is 0.433 e. The number of halogens is 3. The quantitative estimate of drug-likeness (QED) is 0.350. The molecule has 0 radical (unpaired) electrons. The third-order valence-electron chi connectivity index (χ3n) is 6.19. The van der Waals surface area contributed by atoms with Gasteiger partial charge >= 0.3 is 12.3 Å². The highest BCUT2D eigenvalue weighted by atomic mass is 32.1. The molecule has 42 heavy (non-hydrogen) atoms. The highest BCUT2D eigenvalue weighted by Gasteiger charge is 2.32. The summed E-state index contributed by atoms with van der Waals surface area (Å²) in [6.07, 6.45) is -2.56. The van der Waals surface area contributed by atoms with E-state index in [1.807, 2.05) is 6.92 Å². The van der Waals surface area contributed by atoms with Crippen molar-refractivity contribution in [3.05, 3.63) is 64.4 Å².